The zero-order valence-electron chi connectivity index (χ0n) is 13.9. The van der Waals surface area contributed by atoms with Gasteiger partial charge in [0.15, 0.2) is 0 Å². The van der Waals surface area contributed by atoms with Gasteiger partial charge in [0.05, 0.1) is 5.56 Å². The van der Waals surface area contributed by atoms with Gasteiger partial charge >= 0.3 is 0 Å². The maximum atomic E-state index is 12.5. The summed E-state index contributed by atoms with van der Waals surface area (Å²) < 4.78 is 2.30. The Kier molecular flexibility index (Phi) is 3.81. The average Bonchev–Trinajstić information content (AvgIpc) is 2.99. The van der Waals surface area contributed by atoms with Crippen LogP contribution in [-0.4, -0.2) is 33.4 Å². The molecule has 3 heterocycles. The molecule has 4 nitrogen and oxygen atoms in total. The van der Waals surface area contributed by atoms with Crippen LogP contribution in [0.2, 0.25) is 0 Å². The third-order valence-electron chi connectivity index (χ3n) is 5.10. The van der Waals surface area contributed by atoms with Gasteiger partial charge in [-0.25, -0.2) is 0 Å². The van der Waals surface area contributed by atoms with Crippen molar-refractivity contribution in [1.29, 1.82) is 0 Å². The predicted octanol–water partition coefficient (Wildman–Crippen LogP) is 3.59. The summed E-state index contributed by atoms with van der Waals surface area (Å²) in [5, 5.41) is 1.30. The molecule has 0 atom stereocenters. The van der Waals surface area contributed by atoms with E-state index in [2.05, 4.69) is 46.9 Å². The molecule has 2 aromatic heterocycles. The van der Waals surface area contributed by atoms with Crippen LogP contribution in [0.1, 0.15) is 34.8 Å². The summed E-state index contributed by atoms with van der Waals surface area (Å²) in [5.74, 6) is 0.610. The lowest BCUT2D eigenvalue weighted by atomic mass is 9.93. The van der Waals surface area contributed by atoms with E-state index >= 15 is 0 Å². The molecule has 3 aromatic rings. The molecule has 122 valence electrons. The third-order valence-corrected chi connectivity index (χ3v) is 5.10. The number of benzene rings is 1. The van der Waals surface area contributed by atoms with Crippen molar-refractivity contribution in [2.24, 2.45) is 7.05 Å². The van der Waals surface area contributed by atoms with Gasteiger partial charge in [-0.1, -0.05) is 18.2 Å². The highest BCUT2D eigenvalue weighted by Crippen LogP contribution is 2.32. The fraction of sp³-hybridized carbons (Fsp3) is 0.300. The molecule has 1 aromatic carbocycles. The van der Waals surface area contributed by atoms with Crippen LogP contribution >= 0.6 is 0 Å². The number of fused-ring (bicyclic) bond motifs is 1. The number of aryl methyl sites for hydroxylation is 1. The van der Waals surface area contributed by atoms with Crippen LogP contribution in [0.25, 0.3) is 10.9 Å². The van der Waals surface area contributed by atoms with Gasteiger partial charge in [-0.3, -0.25) is 9.78 Å². The van der Waals surface area contributed by atoms with E-state index in [1.165, 1.54) is 16.6 Å². The highest BCUT2D eigenvalue weighted by atomic mass is 16.2. The van der Waals surface area contributed by atoms with Gasteiger partial charge < -0.3 is 9.47 Å². The van der Waals surface area contributed by atoms with E-state index in [0.29, 0.717) is 11.5 Å². The maximum absolute atomic E-state index is 12.5. The van der Waals surface area contributed by atoms with Crippen molar-refractivity contribution in [3.63, 3.8) is 0 Å². The Morgan fingerprint density at radius 2 is 1.92 bits per heavy atom. The lowest BCUT2D eigenvalue weighted by Gasteiger charge is -2.32. The lowest BCUT2D eigenvalue weighted by Crippen LogP contribution is -2.38. The first-order chi connectivity index (χ1) is 11.7. The molecule has 0 N–H and O–H groups in total. The van der Waals surface area contributed by atoms with Crippen molar-refractivity contribution in [2.45, 2.75) is 18.8 Å². The molecule has 0 saturated carbocycles. The van der Waals surface area contributed by atoms with E-state index < -0.39 is 0 Å². The average molecular weight is 319 g/mol. The van der Waals surface area contributed by atoms with Crippen LogP contribution in [0.3, 0.4) is 0 Å². The summed E-state index contributed by atoms with van der Waals surface area (Å²) in [6.07, 6.45) is 5.37. The number of piperidine rings is 1. The molecule has 4 heteroatoms. The molecule has 0 unspecified atom stereocenters. The van der Waals surface area contributed by atoms with Gasteiger partial charge in [-0.2, -0.15) is 0 Å². The van der Waals surface area contributed by atoms with Gasteiger partial charge in [0.2, 0.25) is 0 Å². The number of hydrogen-bond acceptors (Lipinski definition) is 2. The zero-order chi connectivity index (χ0) is 16.5. The van der Waals surface area contributed by atoms with E-state index in [9.17, 15) is 4.79 Å². The van der Waals surface area contributed by atoms with Gasteiger partial charge in [-0.05, 0) is 42.5 Å². The number of pyridine rings is 1. The van der Waals surface area contributed by atoms with Crippen molar-refractivity contribution >= 4 is 16.8 Å². The van der Waals surface area contributed by atoms with Crippen molar-refractivity contribution in [2.75, 3.05) is 13.1 Å². The number of para-hydroxylation sites is 1. The van der Waals surface area contributed by atoms with Crippen molar-refractivity contribution in [3.8, 4) is 0 Å². The highest BCUT2D eigenvalue weighted by Gasteiger charge is 2.26. The van der Waals surface area contributed by atoms with Crippen LogP contribution in [0.4, 0.5) is 0 Å². The second-order valence-corrected chi connectivity index (χ2v) is 6.50. The smallest absolute Gasteiger partial charge is 0.255 e. The van der Waals surface area contributed by atoms with Crippen LogP contribution in [0, 0.1) is 0 Å². The number of rotatable bonds is 2. The highest BCUT2D eigenvalue weighted by molar-refractivity contribution is 5.94. The summed E-state index contributed by atoms with van der Waals surface area (Å²) in [7, 11) is 2.14. The SMILES string of the molecule is Cn1c(C2CCN(C(=O)c3cccnc3)CC2)cc2ccccc21. The number of carbonyl (C=O) groups is 1. The van der Waals surface area contributed by atoms with Crippen LogP contribution < -0.4 is 0 Å². The molecule has 0 bridgehead atoms. The Morgan fingerprint density at radius 1 is 1.12 bits per heavy atom. The standard InChI is InChI=1S/C20H21N3O/c1-22-18-7-3-2-5-16(18)13-19(22)15-8-11-23(12-9-15)20(24)17-6-4-10-21-14-17/h2-7,10,13-15H,8-9,11-12H2,1H3. The van der Waals surface area contributed by atoms with Gasteiger partial charge in [0.1, 0.15) is 0 Å². The molecule has 0 spiro atoms. The molecule has 24 heavy (non-hydrogen) atoms. The minimum atomic E-state index is 0.0959. The van der Waals surface area contributed by atoms with E-state index in [0.717, 1.165) is 25.9 Å². The van der Waals surface area contributed by atoms with Crippen molar-refractivity contribution in [1.82, 2.24) is 14.5 Å². The lowest BCUT2D eigenvalue weighted by molar-refractivity contribution is 0.0711. The summed E-state index contributed by atoms with van der Waals surface area (Å²) in [6, 6.07) is 14.5. The molecule has 1 aliphatic heterocycles. The van der Waals surface area contributed by atoms with Crippen LogP contribution in [-0.2, 0) is 7.05 Å². The van der Waals surface area contributed by atoms with Gasteiger partial charge in [-0.15, -0.1) is 0 Å². The predicted molar refractivity (Wildman–Crippen MR) is 95.0 cm³/mol. The van der Waals surface area contributed by atoms with Crippen molar-refractivity contribution in [3.05, 3.63) is 66.1 Å². The molecular weight excluding hydrogens is 298 g/mol. The first-order valence-electron chi connectivity index (χ1n) is 8.47. The number of carbonyl (C=O) groups excluding carboxylic acids is 1. The quantitative estimate of drug-likeness (QED) is 0.724. The normalized spacial score (nSPS) is 15.8. The Bertz CT molecular complexity index is 861. The number of hydrogen-bond donors (Lipinski definition) is 0. The Hall–Kier alpha value is -2.62. The third kappa shape index (κ3) is 2.58. The molecular formula is C20H21N3O. The van der Waals surface area contributed by atoms with Crippen LogP contribution in [0.15, 0.2) is 54.9 Å². The summed E-state index contributed by atoms with van der Waals surface area (Å²) in [6.45, 7) is 1.61. The minimum Gasteiger partial charge on any atom is -0.347 e. The first-order valence-corrected chi connectivity index (χ1v) is 8.47. The Labute approximate surface area is 141 Å². The molecule has 0 radical (unpaired) electrons. The monoisotopic (exact) mass is 319 g/mol. The first kappa shape index (κ1) is 14.9. The van der Waals surface area contributed by atoms with E-state index in [1.54, 1.807) is 12.4 Å². The largest absolute Gasteiger partial charge is 0.347 e. The summed E-state index contributed by atoms with van der Waals surface area (Å²) in [5.41, 5.74) is 3.34. The fourth-order valence-electron chi connectivity index (χ4n) is 3.75. The molecule has 4 rings (SSSR count). The van der Waals surface area contributed by atoms with E-state index in [4.69, 9.17) is 0 Å². The molecule has 1 aliphatic rings. The number of amides is 1. The molecule has 1 fully saturated rings. The molecule has 0 aliphatic carbocycles. The minimum absolute atomic E-state index is 0.0959. The fourth-order valence-corrected chi connectivity index (χ4v) is 3.75. The second-order valence-electron chi connectivity index (χ2n) is 6.50. The maximum Gasteiger partial charge on any atom is 0.255 e. The summed E-state index contributed by atoms with van der Waals surface area (Å²) >= 11 is 0. The number of likely N-dealkylation sites (tertiary alicyclic amines) is 1. The molecule has 1 amide bonds. The second kappa shape index (κ2) is 6.11. The van der Waals surface area contributed by atoms with Crippen LogP contribution in [0.5, 0.6) is 0 Å². The van der Waals surface area contributed by atoms with E-state index in [1.807, 2.05) is 17.0 Å². The number of aromatic nitrogens is 2. The Morgan fingerprint density at radius 3 is 2.62 bits per heavy atom. The van der Waals surface area contributed by atoms with Gasteiger partial charge in [0.25, 0.3) is 5.91 Å². The van der Waals surface area contributed by atoms with Crippen molar-refractivity contribution < 1.29 is 4.79 Å². The Balaban J connectivity index is 1.49. The van der Waals surface area contributed by atoms with E-state index in [-0.39, 0.29) is 5.91 Å². The van der Waals surface area contributed by atoms with Gasteiger partial charge in [0, 0.05) is 49.7 Å². The number of nitrogens with zero attached hydrogens (tertiary/aromatic N) is 3. The molecule has 1 saturated heterocycles. The topological polar surface area (TPSA) is 38.1 Å². The zero-order valence-corrected chi connectivity index (χ0v) is 13.9. The summed E-state index contributed by atoms with van der Waals surface area (Å²) in [4.78, 5) is 18.5.